The number of carbonyl (C=O) groups excluding carboxylic acids is 1. The van der Waals surface area contributed by atoms with E-state index >= 15 is 0 Å². The van der Waals surface area contributed by atoms with E-state index < -0.39 is 16.1 Å². The average Bonchev–Trinajstić information content (AvgIpc) is 2.53. The van der Waals surface area contributed by atoms with Crippen molar-refractivity contribution in [3.63, 3.8) is 0 Å². The van der Waals surface area contributed by atoms with Gasteiger partial charge in [-0.2, -0.15) is 0 Å². The molecule has 128 valence electrons. The Morgan fingerprint density at radius 2 is 2.04 bits per heavy atom. The van der Waals surface area contributed by atoms with E-state index in [1.165, 1.54) is 24.6 Å². The third kappa shape index (κ3) is 5.30. The Morgan fingerprint density at radius 3 is 2.65 bits per heavy atom. The van der Waals surface area contributed by atoms with Crippen molar-refractivity contribution in [1.82, 2.24) is 0 Å². The van der Waals surface area contributed by atoms with Crippen molar-refractivity contribution in [2.45, 2.75) is 62.6 Å². The van der Waals surface area contributed by atoms with Crippen molar-refractivity contribution in [3.8, 4) is 0 Å². The number of rotatable bonds is 6. The van der Waals surface area contributed by atoms with E-state index in [0.29, 0.717) is 12.1 Å². The van der Waals surface area contributed by atoms with E-state index in [9.17, 15) is 13.2 Å². The molecule has 1 atom stereocenters. The fourth-order valence-corrected chi connectivity index (χ4v) is 3.31. The Balaban J connectivity index is 2.01. The smallest absolute Gasteiger partial charge is 0.253 e. The minimum atomic E-state index is -3.79. The summed E-state index contributed by atoms with van der Waals surface area (Å²) in [6.07, 6.45) is 5.65. The van der Waals surface area contributed by atoms with Gasteiger partial charge in [0.2, 0.25) is 10.0 Å². The van der Waals surface area contributed by atoms with Crippen molar-refractivity contribution in [2.24, 2.45) is 5.14 Å². The van der Waals surface area contributed by atoms with Gasteiger partial charge in [-0.3, -0.25) is 4.79 Å². The number of primary sulfonamides is 1. The summed E-state index contributed by atoms with van der Waals surface area (Å²) < 4.78 is 28.6. The molecule has 1 fully saturated rings. The zero-order valence-corrected chi connectivity index (χ0v) is 14.1. The molecule has 1 aliphatic rings. The van der Waals surface area contributed by atoms with Crippen molar-refractivity contribution >= 4 is 21.6 Å². The number of nitrogens with one attached hydrogen (secondary N) is 1. The van der Waals surface area contributed by atoms with Crippen LogP contribution in [0.3, 0.4) is 0 Å². The lowest BCUT2D eigenvalue weighted by atomic mass is 9.97. The van der Waals surface area contributed by atoms with Crippen molar-refractivity contribution in [1.29, 1.82) is 0 Å². The predicted molar refractivity (Wildman–Crippen MR) is 88.5 cm³/mol. The van der Waals surface area contributed by atoms with Crippen LogP contribution in [0.25, 0.3) is 0 Å². The molecule has 0 aromatic heterocycles. The first-order chi connectivity index (χ1) is 10.9. The minimum Gasteiger partial charge on any atom is -0.365 e. The van der Waals surface area contributed by atoms with Crippen molar-refractivity contribution in [2.75, 3.05) is 5.32 Å². The standard InChI is InChI=1S/C16H24N2O4S/c1-2-15(22-13-8-4-3-5-9-13)16(19)18-12-7-6-10-14(11-12)23(17,20)21/h6-7,10-11,13,15H,2-5,8-9H2,1H3,(H,18,19)(H2,17,20,21). The van der Waals surface area contributed by atoms with Gasteiger partial charge in [0, 0.05) is 5.69 Å². The molecule has 3 N–H and O–H groups in total. The highest BCUT2D eigenvalue weighted by Crippen LogP contribution is 2.23. The second-order valence-electron chi connectivity index (χ2n) is 5.86. The molecule has 0 radical (unpaired) electrons. The largest absolute Gasteiger partial charge is 0.365 e. The Hall–Kier alpha value is -1.44. The van der Waals surface area contributed by atoms with Crippen LogP contribution in [-0.2, 0) is 19.6 Å². The molecule has 1 unspecified atom stereocenters. The Bertz CT molecular complexity index is 639. The van der Waals surface area contributed by atoms with Crippen LogP contribution in [0.2, 0.25) is 0 Å². The van der Waals surface area contributed by atoms with Crippen LogP contribution in [0.1, 0.15) is 45.4 Å². The Morgan fingerprint density at radius 1 is 1.35 bits per heavy atom. The number of benzene rings is 1. The van der Waals surface area contributed by atoms with Gasteiger partial charge in [-0.15, -0.1) is 0 Å². The number of hydrogen-bond acceptors (Lipinski definition) is 4. The second-order valence-corrected chi connectivity index (χ2v) is 7.42. The summed E-state index contributed by atoms with van der Waals surface area (Å²) in [5.41, 5.74) is 0.396. The molecular weight excluding hydrogens is 316 g/mol. The fourth-order valence-electron chi connectivity index (χ4n) is 2.75. The van der Waals surface area contributed by atoms with E-state index in [1.54, 1.807) is 6.07 Å². The molecule has 1 saturated carbocycles. The van der Waals surface area contributed by atoms with Gasteiger partial charge in [-0.05, 0) is 37.5 Å². The lowest BCUT2D eigenvalue weighted by Gasteiger charge is -2.26. The summed E-state index contributed by atoms with van der Waals surface area (Å²) in [5, 5.41) is 7.81. The Labute approximate surface area is 137 Å². The first-order valence-corrected chi connectivity index (χ1v) is 9.54. The molecule has 0 saturated heterocycles. The Kier molecular flexibility index (Phi) is 6.15. The molecule has 0 bridgehead atoms. The van der Waals surface area contributed by atoms with Gasteiger partial charge in [0.15, 0.2) is 0 Å². The van der Waals surface area contributed by atoms with Gasteiger partial charge in [-0.1, -0.05) is 32.3 Å². The number of nitrogens with two attached hydrogens (primary N) is 1. The fraction of sp³-hybridized carbons (Fsp3) is 0.562. The summed E-state index contributed by atoms with van der Waals surface area (Å²) in [4.78, 5) is 12.3. The molecule has 1 aromatic rings. The first-order valence-electron chi connectivity index (χ1n) is 7.99. The quantitative estimate of drug-likeness (QED) is 0.830. The molecule has 7 heteroatoms. The molecule has 2 rings (SSSR count). The highest BCUT2D eigenvalue weighted by molar-refractivity contribution is 7.89. The molecule has 1 aliphatic carbocycles. The summed E-state index contributed by atoms with van der Waals surface area (Å²) >= 11 is 0. The van der Waals surface area contributed by atoms with E-state index in [-0.39, 0.29) is 16.9 Å². The van der Waals surface area contributed by atoms with Gasteiger partial charge in [0.1, 0.15) is 6.10 Å². The summed E-state index contributed by atoms with van der Waals surface area (Å²) in [6.45, 7) is 1.90. The molecule has 6 nitrogen and oxygen atoms in total. The van der Waals surface area contributed by atoms with Crippen LogP contribution in [0.15, 0.2) is 29.2 Å². The normalized spacial score (nSPS) is 17.7. The topological polar surface area (TPSA) is 98.5 Å². The van der Waals surface area contributed by atoms with Crippen LogP contribution in [0.4, 0.5) is 5.69 Å². The van der Waals surface area contributed by atoms with Gasteiger partial charge in [0.05, 0.1) is 11.0 Å². The molecule has 1 amide bonds. The van der Waals surface area contributed by atoms with Crippen LogP contribution in [0.5, 0.6) is 0 Å². The highest BCUT2D eigenvalue weighted by atomic mass is 32.2. The second kappa shape index (κ2) is 7.90. The third-order valence-corrected chi connectivity index (χ3v) is 4.91. The maximum absolute atomic E-state index is 12.4. The maximum atomic E-state index is 12.4. The minimum absolute atomic E-state index is 0.0310. The monoisotopic (exact) mass is 340 g/mol. The summed E-state index contributed by atoms with van der Waals surface area (Å²) in [7, 11) is -3.79. The van der Waals surface area contributed by atoms with Gasteiger partial charge >= 0.3 is 0 Å². The lowest BCUT2D eigenvalue weighted by Crippen LogP contribution is -2.34. The van der Waals surface area contributed by atoms with Crippen molar-refractivity contribution < 1.29 is 17.9 Å². The van der Waals surface area contributed by atoms with Gasteiger partial charge < -0.3 is 10.1 Å². The third-order valence-electron chi connectivity index (χ3n) is 4.00. The lowest BCUT2D eigenvalue weighted by molar-refractivity contribution is -0.132. The SMILES string of the molecule is CCC(OC1CCCCC1)C(=O)Nc1cccc(S(N)(=O)=O)c1. The van der Waals surface area contributed by atoms with Gasteiger partial charge in [0.25, 0.3) is 5.91 Å². The highest BCUT2D eigenvalue weighted by Gasteiger charge is 2.23. The number of anilines is 1. The van der Waals surface area contributed by atoms with Gasteiger partial charge in [-0.25, -0.2) is 13.6 Å². The zero-order valence-electron chi connectivity index (χ0n) is 13.3. The maximum Gasteiger partial charge on any atom is 0.253 e. The zero-order chi connectivity index (χ0) is 16.9. The first kappa shape index (κ1) is 17.9. The molecule has 1 aromatic carbocycles. The number of amides is 1. The van der Waals surface area contributed by atoms with Crippen LogP contribution in [-0.4, -0.2) is 26.5 Å². The average molecular weight is 340 g/mol. The molecule has 0 spiro atoms. The van der Waals surface area contributed by atoms with Crippen LogP contribution < -0.4 is 10.5 Å². The molecule has 0 aliphatic heterocycles. The summed E-state index contributed by atoms with van der Waals surface area (Å²) in [5.74, 6) is -0.260. The molecule has 0 heterocycles. The van der Waals surface area contributed by atoms with E-state index in [2.05, 4.69) is 5.32 Å². The van der Waals surface area contributed by atoms with E-state index in [1.807, 2.05) is 6.92 Å². The summed E-state index contributed by atoms with van der Waals surface area (Å²) in [6, 6.07) is 5.90. The number of sulfonamides is 1. The van der Waals surface area contributed by atoms with Crippen molar-refractivity contribution in [3.05, 3.63) is 24.3 Å². The molecule has 23 heavy (non-hydrogen) atoms. The number of ether oxygens (including phenoxy) is 1. The predicted octanol–water partition coefficient (Wildman–Crippen LogP) is 2.40. The number of carbonyl (C=O) groups is 1. The van der Waals surface area contributed by atoms with Crippen LogP contribution >= 0.6 is 0 Å². The van der Waals surface area contributed by atoms with E-state index in [0.717, 1.165) is 25.7 Å². The number of hydrogen-bond donors (Lipinski definition) is 2. The van der Waals surface area contributed by atoms with Crippen LogP contribution in [0, 0.1) is 0 Å². The molecular formula is C16H24N2O4S. The van der Waals surface area contributed by atoms with E-state index in [4.69, 9.17) is 9.88 Å².